The second-order valence-electron chi connectivity index (χ2n) is 3.74. The minimum Gasteiger partial charge on any atom is -0.495 e. The first-order valence-corrected chi connectivity index (χ1v) is 5.73. The van der Waals surface area contributed by atoms with Gasteiger partial charge in [-0.1, -0.05) is 35.9 Å². The number of aldehydes is 1. The van der Waals surface area contributed by atoms with Crippen LogP contribution in [0.3, 0.4) is 0 Å². The molecule has 2 rings (SSSR count). The van der Waals surface area contributed by atoms with E-state index in [0.29, 0.717) is 33.1 Å². The molecule has 2 aromatic rings. The third kappa shape index (κ3) is 2.05. The molecule has 0 saturated carbocycles. The number of benzene rings is 2. The molecule has 92 valence electrons. The highest BCUT2D eigenvalue weighted by atomic mass is 35.5. The quantitative estimate of drug-likeness (QED) is 0.680. The van der Waals surface area contributed by atoms with E-state index in [1.54, 1.807) is 31.4 Å². The van der Waals surface area contributed by atoms with Crippen LogP contribution in [0.2, 0.25) is 5.02 Å². The summed E-state index contributed by atoms with van der Waals surface area (Å²) in [6.07, 6.45) is 0.764. The van der Waals surface area contributed by atoms with Crippen LogP contribution in [0.1, 0.15) is 10.4 Å². The Morgan fingerprint density at radius 3 is 2.61 bits per heavy atom. The standard InChI is InChI=1S/C14H12ClNO2/c1-18-12-7-3-5-10(14(12)16)13-9(8-17)4-2-6-11(13)15/h2-8H,16H2,1H3. The summed E-state index contributed by atoms with van der Waals surface area (Å²) in [6.45, 7) is 0. The zero-order valence-electron chi connectivity index (χ0n) is 9.81. The van der Waals surface area contributed by atoms with Crippen molar-refractivity contribution in [1.82, 2.24) is 0 Å². The van der Waals surface area contributed by atoms with Crippen molar-refractivity contribution in [2.45, 2.75) is 0 Å². The molecule has 2 N–H and O–H groups in total. The maximum Gasteiger partial charge on any atom is 0.150 e. The van der Waals surface area contributed by atoms with E-state index in [9.17, 15) is 4.79 Å². The van der Waals surface area contributed by atoms with Crippen LogP contribution in [-0.2, 0) is 0 Å². The van der Waals surface area contributed by atoms with Crippen molar-refractivity contribution >= 4 is 23.6 Å². The summed E-state index contributed by atoms with van der Waals surface area (Å²) < 4.78 is 5.16. The van der Waals surface area contributed by atoms with Crippen molar-refractivity contribution in [3.8, 4) is 16.9 Å². The van der Waals surface area contributed by atoms with Crippen LogP contribution < -0.4 is 10.5 Å². The number of para-hydroxylation sites is 1. The number of nitrogens with two attached hydrogens (primary N) is 1. The van der Waals surface area contributed by atoms with Crippen molar-refractivity contribution < 1.29 is 9.53 Å². The van der Waals surface area contributed by atoms with Gasteiger partial charge in [0.25, 0.3) is 0 Å². The average Bonchev–Trinajstić information content (AvgIpc) is 2.39. The lowest BCUT2D eigenvalue weighted by molar-refractivity contribution is 0.112. The van der Waals surface area contributed by atoms with E-state index in [4.69, 9.17) is 22.1 Å². The lowest BCUT2D eigenvalue weighted by atomic mass is 9.98. The molecule has 18 heavy (non-hydrogen) atoms. The van der Waals surface area contributed by atoms with E-state index in [2.05, 4.69) is 0 Å². The number of carbonyl (C=O) groups excluding carboxylic acids is 1. The van der Waals surface area contributed by atoms with Gasteiger partial charge in [0.05, 0.1) is 12.8 Å². The Morgan fingerprint density at radius 1 is 1.22 bits per heavy atom. The molecule has 0 aliphatic carbocycles. The SMILES string of the molecule is COc1cccc(-c2c(Cl)cccc2C=O)c1N. The Balaban J connectivity index is 2.73. The first-order chi connectivity index (χ1) is 8.69. The second-order valence-corrected chi connectivity index (χ2v) is 4.15. The van der Waals surface area contributed by atoms with E-state index in [1.807, 2.05) is 12.1 Å². The molecule has 0 atom stereocenters. The molecule has 0 amide bonds. The summed E-state index contributed by atoms with van der Waals surface area (Å²) in [4.78, 5) is 11.1. The van der Waals surface area contributed by atoms with Crippen molar-refractivity contribution in [3.05, 3.63) is 47.0 Å². The molecule has 0 saturated heterocycles. The molecular formula is C14H12ClNO2. The van der Waals surface area contributed by atoms with E-state index < -0.39 is 0 Å². The molecule has 0 bridgehead atoms. The van der Waals surface area contributed by atoms with Gasteiger partial charge in [-0.15, -0.1) is 0 Å². The monoisotopic (exact) mass is 261 g/mol. The van der Waals surface area contributed by atoms with Gasteiger partial charge in [0, 0.05) is 21.7 Å². The van der Waals surface area contributed by atoms with Crippen LogP contribution in [0.5, 0.6) is 5.75 Å². The minimum atomic E-state index is 0.469. The zero-order chi connectivity index (χ0) is 13.1. The number of nitrogen functional groups attached to an aromatic ring is 1. The number of rotatable bonds is 3. The van der Waals surface area contributed by atoms with Crippen molar-refractivity contribution in [1.29, 1.82) is 0 Å². The maximum absolute atomic E-state index is 11.1. The number of methoxy groups -OCH3 is 1. The highest BCUT2D eigenvalue weighted by Crippen LogP contribution is 2.38. The Kier molecular flexibility index (Phi) is 3.53. The smallest absolute Gasteiger partial charge is 0.150 e. The zero-order valence-corrected chi connectivity index (χ0v) is 10.6. The lowest BCUT2D eigenvalue weighted by Crippen LogP contribution is -1.97. The molecule has 0 spiro atoms. The largest absolute Gasteiger partial charge is 0.495 e. The predicted molar refractivity (Wildman–Crippen MR) is 73.2 cm³/mol. The fraction of sp³-hybridized carbons (Fsp3) is 0.0714. The van der Waals surface area contributed by atoms with Crippen LogP contribution >= 0.6 is 11.6 Å². The Bertz CT molecular complexity index is 596. The molecule has 2 aromatic carbocycles. The summed E-state index contributed by atoms with van der Waals surface area (Å²) in [6, 6.07) is 10.5. The molecule has 4 heteroatoms. The Labute approximate surface area is 110 Å². The Hall–Kier alpha value is -2.00. The van der Waals surface area contributed by atoms with Gasteiger partial charge < -0.3 is 10.5 Å². The maximum atomic E-state index is 11.1. The van der Waals surface area contributed by atoms with Crippen LogP contribution in [0.15, 0.2) is 36.4 Å². The molecular weight excluding hydrogens is 250 g/mol. The van der Waals surface area contributed by atoms with E-state index in [-0.39, 0.29) is 0 Å². The number of hydrogen-bond donors (Lipinski definition) is 1. The number of anilines is 1. The van der Waals surface area contributed by atoms with Gasteiger partial charge in [-0.3, -0.25) is 4.79 Å². The molecule has 0 aliphatic heterocycles. The van der Waals surface area contributed by atoms with Crippen LogP contribution in [-0.4, -0.2) is 13.4 Å². The first-order valence-electron chi connectivity index (χ1n) is 5.35. The summed E-state index contributed by atoms with van der Waals surface area (Å²) >= 11 is 6.15. The third-order valence-corrected chi connectivity index (χ3v) is 3.04. The number of ether oxygens (including phenoxy) is 1. The van der Waals surface area contributed by atoms with Crippen molar-refractivity contribution in [2.24, 2.45) is 0 Å². The average molecular weight is 262 g/mol. The number of carbonyl (C=O) groups is 1. The summed E-state index contributed by atoms with van der Waals surface area (Å²) in [7, 11) is 1.54. The lowest BCUT2D eigenvalue weighted by Gasteiger charge is -2.13. The normalized spacial score (nSPS) is 10.1. The molecule has 0 unspecified atom stereocenters. The van der Waals surface area contributed by atoms with Gasteiger partial charge in [-0.2, -0.15) is 0 Å². The fourth-order valence-corrected chi connectivity index (χ4v) is 2.15. The molecule has 0 fully saturated rings. The van der Waals surface area contributed by atoms with Gasteiger partial charge in [-0.05, 0) is 12.1 Å². The number of halogens is 1. The van der Waals surface area contributed by atoms with Gasteiger partial charge in [0.15, 0.2) is 6.29 Å². The topological polar surface area (TPSA) is 52.3 Å². The van der Waals surface area contributed by atoms with Crippen LogP contribution in [0, 0.1) is 0 Å². The van der Waals surface area contributed by atoms with E-state index in [1.165, 1.54) is 0 Å². The van der Waals surface area contributed by atoms with E-state index in [0.717, 1.165) is 6.29 Å². The first kappa shape index (κ1) is 12.5. The highest BCUT2D eigenvalue weighted by molar-refractivity contribution is 6.34. The van der Waals surface area contributed by atoms with Crippen molar-refractivity contribution in [2.75, 3.05) is 12.8 Å². The van der Waals surface area contributed by atoms with Crippen LogP contribution in [0.25, 0.3) is 11.1 Å². The predicted octanol–water partition coefficient (Wildman–Crippen LogP) is 3.41. The second kappa shape index (κ2) is 5.10. The van der Waals surface area contributed by atoms with Gasteiger partial charge in [-0.25, -0.2) is 0 Å². The summed E-state index contributed by atoms with van der Waals surface area (Å²) in [5.41, 5.74) is 8.32. The molecule has 0 aromatic heterocycles. The third-order valence-electron chi connectivity index (χ3n) is 2.73. The Morgan fingerprint density at radius 2 is 1.94 bits per heavy atom. The molecule has 0 aliphatic rings. The fourth-order valence-electron chi connectivity index (χ4n) is 1.86. The van der Waals surface area contributed by atoms with Gasteiger partial charge in [0.2, 0.25) is 0 Å². The summed E-state index contributed by atoms with van der Waals surface area (Å²) in [5.74, 6) is 0.560. The van der Waals surface area contributed by atoms with Gasteiger partial charge in [0.1, 0.15) is 5.75 Å². The van der Waals surface area contributed by atoms with Gasteiger partial charge >= 0.3 is 0 Å². The van der Waals surface area contributed by atoms with Crippen molar-refractivity contribution in [3.63, 3.8) is 0 Å². The van der Waals surface area contributed by atoms with E-state index >= 15 is 0 Å². The molecule has 3 nitrogen and oxygen atoms in total. The minimum absolute atomic E-state index is 0.469. The molecule has 0 radical (unpaired) electrons. The molecule has 0 heterocycles. The number of hydrogen-bond acceptors (Lipinski definition) is 3. The van der Waals surface area contributed by atoms with Crippen LogP contribution in [0.4, 0.5) is 5.69 Å². The highest BCUT2D eigenvalue weighted by Gasteiger charge is 2.14. The summed E-state index contributed by atoms with van der Waals surface area (Å²) in [5, 5.41) is 0.486.